The van der Waals surface area contributed by atoms with Crippen LogP contribution in [0.3, 0.4) is 0 Å². The Morgan fingerprint density at radius 2 is 1.89 bits per heavy atom. The van der Waals surface area contributed by atoms with E-state index in [0.717, 1.165) is 34.6 Å². The molecule has 0 saturated heterocycles. The predicted octanol–water partition coefficient (Wildman–Crippen LogP) is 3.84. The fraction of sp³-hybridized carbons (Fsp3) is 0.0476. The molecule has 0 spiro atoms. The summed E-state index contributed by atoms with van der Waals surface area (Å²) in [6, 6.07) is 17.9. The summed E-state index contributed by atoms with van der Waals surface area (Å²) in [4.78, 5) is 9.17. The molecule has 0 radical (unpaired) electrons. The van der Waals surface area contributed by atoms with Gasteiger partial charge >= 0.3 is 6.01 Å². The first-order chi connectivity index (χ1) is 13.8. The van der Waals surface area contributed by atoms with E-state index in [9.17, 15) is 0 Å². The van der Waals surface area contributed by atoms with Gasteiger partial charge < -0.3 is 15.5 Å². The summed E-state index contributed by atoms with van der Waals surface area (Å²) in [6.07, 6.45) is 4.73. The Labute approximate surface area is 161 Å². The molecule has 0 saturated carbocycles. The van der Waals surface area contributed by atoms with Crippen molar-refractivity contribution in [1.29, 1.82) is 0 Å². The van der Waals surface area contributed by atoms with Crippen molar-refractivity contribution < 1.29 is 4.42 Å². The molecule has 3 N–H and O–H groups in total. The molecular formula is C21H16N6O. The minimum atomic E-state index is 0.0503. The van der Waals surface area contributed by atoms with E-state index < -0.39 is 0 Å². The minimum Gasteiger partial charge on any atom is -0.404 e. The van der Waals surface area contributed by atoms with Crippen molar-refractivity contribution in [2.24, 2.45) is 0 Å². The first-order valence-corrected chi connectivity index (χ1v) is 8.84. The zero-order valence-electron chi connectivity index (χ0n) is 14.8. The Hall–Kier alpha value is -4.00. The normalized spacial score (nSPS) is 12.5. The lowest BCUT2D eigenvalue weighted by molar-refractivity contribution is 0.590. The molecule has 0 atom stereocenters. The fourth-order valence-corrected chi connectivity index (χ4v) is 3.25. The van der Waals surface area contributed by atoms with E-state index in [-0.39, 0.29) is 6.01 Å². The van der Waals surface area contributed by atoms with E-state index in [4.69, 9.17) is 15.1 Å². The second kappa shape index (κ2) is 6.62. The van der Waals surface area contributed by atoms with Gasteiger partial charge in [-0.05, 0) is 47.9 Å². The molecule has 2 aromatic heterocycles. The van der Waals surface area contributed by atoms with Gasteiger partial charge in [0.1, 0.15) is 5.82 Å². The topological polar surface area (TPSA) is 103 Å². The van der Waals surface area contributed by atoms with Crippen molar-refractivity contribution >= 4 is 23.1 Å². The van der Waals surface area contributed by atoms with E-state index in [1.807, 2.05) is 48.5 Å². The summed E-state index contributed by atoms with van der Waals surface area (Å²) >= 11 is 0. The number of nitrogens with one attached hydrogen (secondary N) is 1. The third-order valence-electron chi connectivity index (χ3n) is 4.56. The molecule has 28 heavy (non-hydrogen) atoms. The summed E-state index contributed by atoms with van der Waals surface area (Å²) in [6.45, 7) is 0. The molecule has 2 aromatic carbocycles. The predicted molar refractivity (Wildman–Crippen MR) is 107 cm³/mol. The van der Waals surface area contributed by atoms with Gasteiger partial charge in [-0.2, -0.15) is 0 Å². The molecule has 5 rings (SSSR count). The maximum absolute atomic E-state index is 5.55. The van der Waals surface area contributed by atoms with Gasteiger partial charge in [-0.1, -0.05) is 35.4 Å². The molecule has 0 fully saturated rings. The molecule has 1 aliphatic carbocycles. The smallest absolute Gasteiger partial charge is 0.313 e. The summed E-state index contributed by atoms with van der Waals surface area (Å²) in [7, 11) is 0. The van der Waals surface area contributed by atoms with E-state index in [2.05, 4.69) is 32.6 Å². The molecule has 0 amide bonds. The van der Waals surface area contributed by atoms with Crippen LogP contribution in [0, 0.1) is 0 Å². The van der Waals surface area contributed by atoms with Crippen LogP contribution in [0.25, 0.3) is 17.0 Å². The Bertz CT molecular complexity index is 1180. The van der Waals surface area contributed by atoms with E-state index in [1.165, 1.54) is 5.56 Å². The number of fused-ring (bicyclic) bond motifs is 1. The zero-order chi connectivity index (χ0) is 18.9. The molecule has 0 aliphatic heterocycles. The van der Waals surface area contributed by atoms with Gasteiger partial charge in [0.15, 0.2) is 5.82 Å². The second-order valence-electron chi connectivity index (χ2n) is 6.40. The largest absolute Gasteiger partial charge is 0.404 e. The summed E-state index contributed by atoms with van der Waals surface area (Å²) in [5.41, 5.74) is 10.6. The highest BCUT2D eigenvalue weighted by atomic mass is 16.4. The van der Waals surface area contributed by atoms with Crippen LogP contribution in [-0.2, 0) is 6.42 Å². The molecule has 7 heteroatoms. The van der Waals surface area contributed by atoms with Gasteiger partial charge in [-0.3, -0.25) is 0 Å². The van der Waals surface area contributed by atoms with Gasteiger partial charge in [0, 0.05) is 23.0 Å². The minimum absolute atomic E-state index is 0.0503. The van der Waals surface area contributed by atoms with E-state index in [0.29, 0.717) is 11.7 Å². The zero-order valence-corrected chi connectivity index (χ0v) is 14.8. The van der Waals surface area contributed by atoms with Crippen LogP contribution in [0.4, 0.5) is 17.5 Å². The lowest BCUT2D eigenvalue weighted by Gasteiger charge is -2.09. The fourth-order valence-electron chi connectivity index (χ4n) is 3.25. The summed E-state index contributed by atoms with van der Waals surface area (Å²) < 4.78 is 5.35. The molecule has 0 bridgehead atoms. The lowest BCUT2D eigenvalue weighted by Crippen LogP contribution is -1.99. The van der Waals surface area contributed by atoms with Crippen molar-refractivity contribution in [3.63, 3.8) is 0 Å². The van der Waals surface area contributed by atoms with Crippen molar-refractivity contribution in [2.45, 2.75) is 6.42 Å². The summed E-state index contributed by atoms with van der Waals surface area (Å²) in [5.74, 6) is 1.81. The van der Waals surface area contributed by atoms with Crippen LogP contribution in [0.15, 0.2) is 71.3 Å². The molecular weight excluding hydrogens is 352 g/mol. The molecule has 1 aliphatic rings. The van der Waals surface area contributed by atoms with Crippen LogP contribution in [0.1, 0.15) is 17.0 Å². The average molecular weight is 368 g/mol. The number of allylic oxidation sites excluding steroid dienone is 1. The first kappa shape index (κ1) is 16.2. The Morgan fingerprint density at radius 3 is 2.71 bits per heavy atom. The number of hydrogen-bond donors (Lipinski definition) is 2. The highest BCUT2D eigenvalue weighted by molar-refractivity contribution is 5.84. The number of anilines is 3. The van der Waals surface area contributed by atoms with Crippen molar-refractivity contribution in [1.82, 2.24) is 20.2 Å². The van der Waals surface area contributed by atoms with Crippen molar-refractivity contribution in [2.75, 3.05) is 11.1 Å². The maximum Gasteiger partial charge on any atom is 0.313 e. The maximum atomic E-state index is 5.55. The van der Waals surface area contributed by atoms with Crippen molar-refractivity contribution in [3.05, 3.63) is 83.8 Å². The van der Waals surface area contributed by atoms with Crippen LogP contribution in [0.2, 0.25) is 0 Å². The Balaban J connectivity index is 1.48. The number of nitrogens with two attached hydrogens (primary N) is 1. The average Bonchev–Trinajstić information content (AvgIpc) is 3.35. The third kappa shape index (κ3) is 2.99. The highest BCUT2D eigenvalue weighted by Gasteiger charge is 2.20. The molecule has 2 heterocycles. The monoisotopic (exact) mass is 368 g/mol. The number of aromatic nitrogens is 4. The van der Waals surface area contributed by atoms with Crippen LogP contribution in [0.5, 0.6) is 0 Å². The van der Waals surface area contributed by atoms with Gasteiger partial charge in [0.25, 0.3) is 0 Å². The third-order valence-corrected chi connectivity index (χ3v) is 4.56. The van der Waals surface area contributed by atoms with Crippen molar-refractivity contribution in [3.8, 4) is 11.5 Å². The first-order valence-electron chi connectivity index (χ1n) is 8.84. The van der Waals surface area contributed by atoms with Crippen LogP contribution in [-0.4, -0.2) is 20.2 Å². The molecule has 0 unspecified atom stereocenters. The quantitative estimate of drug-likeness (QED) is 0.564. The standard InChI is InChI=1S/C21H16N6O/c22-21-27-26-20(28-21)14-7-6-13-8-9-16(17(13)12-14)19-23-11-10-18(25-19)24-15-4-2-1-3-5-15/h1-7,9-12H,8H2,(H2,22,27)(H,23,24,25). The molecule has 4 aromatic rings. The number of nitrogens with zero attached hydrogens (tertiary/aromatic N) is 4. The number of benzene rings is 2. The van der Waals surface area contributed by atoms with E-state index in [1.54, 1.807) is 6.20 Å². The highest BCUT2D eigenvalue weighted by Crippen LogP contribution is 2.34. The Kier molecular flexibility index (Phi) is 3.83. The molecule has 7 nitrogen and oxygen atoms in total. The number of para-hydroxylation sites is 1. The van der Waals surface area contributed by atoms with Crippen LogP contribution < -0.4 is 11.1 Å². The van der Waals surface area contributed by atoms with Crippen LogP contribution >= 0.6 is 0 Å². The lowest BCUT2D eigenvalue weighted by atomic mass is 10.0. The van der Waals surface area contributed by atoms with E-state index >= 15 is 0 Å². The number of hydrogen-bond acceptors (Lipinski definition) is 7. The van der Waals surface area contributed by atoms with Gasteiger partial charge in [-0.25, -0.2) is 9.97 Å². The van der Waals surface area contributed by atoms with Gasteiger partial charge in [0.2, 0.25) is 5.89 Å². The SMILES string of the molecule is Nc1nnc(-c2ccc3c(c2)C(c2nccc(Nc4ccccc4)n2)=CC3)o1. The van der Waals surface area contributed by atoms with Gasteiger partial charge in [0.05, 0.1) is 0 Å². The Morgan fingerprint density at radius 1 is 1.00 bits per heavy atom. The second-order valence-corrected chi connectivity index (χ2v) is 6.40. The number of nitrogen functional groups attached to an aromatic ring is 1. The summed E-state index contributed by atoms with van der Waals surface area (Å²) in [5, 5.41) is 11.0. The van der Waals surface area contributed by atoms with Gasteiger partial charge in [-0.15, -0.1) is 5.10 Å². The number of rotatable bonds is 4. The molecule has 136 valence electrons.